The molecule has 0 radical (unpaired) electrons. The third kappa shape index (κ3) is 2.60. The van der Waals surface area contributed by atoms with Crippen LogP contribution in [-0.4, -0.2) is 38.4 Å². The van der Waals surface area contributed by atoms with Gasteiger partial charge in [0.2, 0.25) is 10.0 Å². The Morgan fingerprint density at radius 1 is 1.24 bits per heavy atom. The molecule has 2 heterocycles. The molecule has 21 heavy (non-hydrogen) atoms. The summed E-state index contributed by atoms with van der Waals surface area (Å²) in [5, 5.41) is 3.41. The number of piperidine rings is 1. The van der Waals surface area contributed by atoms with Crippen molar-refractivity contribution < 1.29 is 12.8 Å². The van der Waals surface area contributed by atoms with Crippen LogP contribution in [0.25, 0.3) is 0 Å². The van der Waals surface area contributed by atoms with Gasteiger partial charge >= 0.3 is 0 Å². The molecule has 0 unspecified atom stereocenters. The van der Waals surface area contributed by atoms with Crippen molar-refractivity contribution >= 4 is 10.0 Å². The molecule has 0 saturated carbocycles. The number of rotatable bonds is 2. The molecule has 2 aliphatic rings. The first kappa shape index (κ1) is 14.9. The zero-order chi connectivity index (χ0) is 15.2. The summed E-state index contributed by atoms with van der Waals surface area (Å²) in [5.74, 6) is 0.00953. The summed E-state index contributed by atoms with van der Waals surface area (Å²) in [6, 6.07) is 2.84. The summed E-state index contributed by atoms with van der Waals surface area (Å²) in [5.41, 5.74) is 0.964. The third-order valence-corrected chi connectivity index (χ3v) is 6.73. The number of benzene rings is 1. The predicted octanol–water partition coefficient (Wildman–Crippen LogP) is 1.82. The zero-order valence-corrected chi connectivity index (χ0v) is 13.2. The Morgan fingerprint density at radius 3 is 2.52 bits per heavy atom. The highest BCUT2D eigenvalue weighted by Crippen LogP contribution is 2.32. The SMILES string of the molecule is Cc1cc(F)cc(C)c1S(=O)(=O)N1C[C@@H]2CCCN[C@@H]2C1. The highest BCUT2D eigenvalue weighted by Gasteiger charge is 2.41. The van der Waals surface area contributed by atoms with Crippen molar-refractivity contribution in [3.05, 3.63) is 29.1 Å². The average Bonchev–Trinajstić information content (AvgIpc) is 2.81. The molecule has 1 aromatic carbocycles. The minimum absolute atomic E-state index is 0.259. The summed E-state index contributed by atoms with van der Waals surface area (Å²) >= 11 is 0. The van der Waals surface area contributed by atoms with Crippen molar-refractivity contribution in [1.29, 1.82) is 0 Å². The fourth-order valence-corrected chi connectivity index (χ4v) is 5.57. The Kier molecular flexibility index (Phi) is 3.80. The number of halogens is 1. The van der Waals surface area contributed by atoms with Crippen LogP contribution >= 0.6 is 0 Å². The summed E-state index contributed by atoms with van der Waals surface area (Å²) in [6.07, 6.45) is 2.18. The van der Waals surface area contributed by atoms with Crippen molar-refractivity contribution in [2.24, 2.45) is 5.92 Å². The van der Waals surface area contributed by atoms with Crippen LogP contribution in [0.15, 0.2) is 17.0 Å². The average molecular weight is 312 g/mol. The minimum Gasteiger partial charge on any atom is -0.312 e. The molecule has 0 bridgehead atoms. The van der Waals surface area contributed by atoms with Crippen LogP contribution in [0.5, 0.6) is 0 Å². The highest BCUT2D eigenvalue weighted by molar-refractivity contribution is 7.89. The largest absolute Gasteiger partial charge is 0.312 e. The lowest BCUT2D eigenvalue weighted by Gasteiger charge is -2.24. The first-order chi connectivity index (χ1) is 9.89. The van der Waals surface area contributed by atoms with Gasteiger partial charge in [0, 0.05) is 19.1 Å². The minimum atomic E-state index is -3.55. The van der Waals surface area contributed by atoms with Crippen LogP contribution in [0, 0.1) is 25.6 Å². The maximum atomic E-state index is 13.4. The molecule has 116 valence electrons. The number of sulfonamides is 1. The smallest absolute Gasteiger partial charge is 0.243 e. The summed E-state index contributed by atoms with van der Waals surface area (Å²) in [4.78, 5) is 0.266. The molecule has 2 fully saturated rings. The topological polar surface area (TPSA) is 49.4 Å². The van der Waals surface area contributed by atoms with Gasteiger partial charge < -0.3 is 5.32 Å². The number of aryl methyl sites for hydroxylation is 2. The fraction of sp³-hybridized carbons (Fsp3) is 0.600. The van der Waals surface area contributed by atoms with E-state index in [9.17, 15) is 12.8 Å². The second kappa shape index (κ2) is 5.34. The van der Waals surface area contributed by atoms with Gasteiger partial charge in [0.1, 0.15) is 5.82 Å². The molecule has 3 rings (SSSR count). The normalized spacial score (nSPS) is 26.8. The quantitative estimate of drug-likeness (QED) is 0.906. The van der Waals surface area contributed by atoms with E-state index >= 15 is 0 Å². The molecule has 4 nitrogen and oxygen atoms in total. The first-order valence-electron chi connectivity index (χ1n) is 7.40. The zero-order valence-electron chi connectivity index (χ0n) is 12.4. The molecule has 0 aromatic heterocycles. The van der Waals surface area contributed by atoms with Gasteiger partial charge in [-0.3, -0.25) is 0 Å². The molecule has 6 heteroatoms. The summed E-state index contributed by atoms with van der Waals surface area (Å²) in [7, 11) is -3.55. The lowest BCUT2D eigenvalue weighted by Crippen LogP contribution is -2.41. The summed E-state index contributed by atoms with van der Waals surface area (Å²) < 4.78 is 40.8. The van der Waals surface area contributed by atoms with Crippen LogP contribution < -0.4 is 5.32 Å². The van der Waals surface area contributed by atoms with Gasteiger partial charge in [-0.15, -0.1) is 0 Å². The van der Waals surface area contributed by atoms with E-state index in [-0.39, 0.29) is 16.8 Å². The number of hydrogen-bond donors (Lipinski definition) is 1. The van der Waals surface area contributed by atoms with Gasteiger partial charge in [0.05, 0.1) is 4.90 Å². The lowest BCUT2D eigenvalue weighted by atomic mass is 9.94. The van der Waals surface area contributed by atoms with Crippen molar-refractivity contribution in [3.8, 4) is 0 Å². The maximum Gasteiger partial charge on any atom is 0.243 e. The lowest BCUT2D eigenvalue weighted by molar-refractivity contribution is 0.339. The number of hydrogen-bond acceptors (Lipinski definition) is 3. The van der Waals surface area contributed by atoms with Gasteiger partial charge in [-0.25, -0.2) is 12.8 Å². The second-order valence-corrected chi connectivity index (χ2v) is 8.03. The Morgan fingerprint density at radius 2 is 1.90 bits per heavy atom. The second-order valence-electron chi connectivity index (χ2n) is 6.15. The Hall–Kier alpha value is -0.980. The van der Waals surface area contributed by atoms with E-state index in [0.29, 0.717) is 30.1 Å². The van der Waals surface area contributed by atoms with Gasteiger partial charge in [-0.2, -0.15) is 4.31 Å². The van der Waals surface area contributed by atoms with Crippen molar-refractivity contribution in [2.75, 3.05) is 19.6 Å². The maximum absolute atomic E-state index is 13.4. The highest BCUT2D eigenvalue weighted by atomic mass is 32.2. The Balaban J connectivity index is 1.95. The Labute approximate surface area is 125 Å². The van der Waals surface area contributed by atoms with Gasteiger partial charge in [-0.1, -0.05) is 0 Å². The van der Waals surface area contributed by atoms with Crippen LogP contribution in [0.1, 0.15) is 24.0 Å². The molecule has 2 saturated heterocycles. The van der Waals surface area contributed by atoms with E-state index in [1.54, 1.807) is 18.2 Å². The van der Waals surface area contributed by atoms with Crippen LogP contribution in [-0.2, 0) is 10.0 Å². The van der Waals surface area contributed by atoms with Gasteiger partial charge in [0.15, 0.2) is 0 Å². The van der Waals surface area contributed by atoms with Gasteiger partial charge in [-0.05, 0) is 62.4 Å². The van der Waals surface area contributed by atoms with E-state index < -0.39 is 10.0 Å². The fourth-order valence-electron chi connectivity index (χ4n) is 3.64. The van der Waals surface area contributed by atoms with Crippen molar-refractivity contribution in [2.45, 2.75) is 37.6 Å². The van der Waals surface area contributed by atoms with E-state index in [4.69, 9.17) is 0 Å². The molecule has 2 aliphatic heterocycles. The third-order valence-electron chi connectivity index (χ3n) is 4.59. The number of nitrogens with one attached hydrogen (secondary N) is 1. The van der Waals surface area contributed by atoms with Crippen molar-refractivity contribution in [1.82, 2.24) is 9.62 Å². The van der Waals surface area contributed by atoms with E-state index in [1.807, 2.05) is 0 Å². The van der Waals surface area contributed by atoms with Crippen LogP contribution in [0.2, 0.25) is 0 Å². The number of nitrogens with zero attached hydrogens (tertiary/aromatic N) is 1. The van der Waals surface area contributed by atoms with Crippen molar-refractivity contribution in [3.63, 3.8) is 0 Å². The first-order valence-corrected chi connectivity index (χ1v) is 8.84. The van der Waals surface area contributed by atoms with Crippen LogP contribution in [0.3, 0.4) is 0 Å². The molecule has 0 spiro atoms. The summed E-state index contributed by atoms with van der Waals surface area (Å²) in [6.45, 7) is 5.36. The standard InChI is InChI=1S/C15H21FN2O2S/c1-10-6-13(16)7-11(2)15(10)21(19,20)18-8-12-4-3-5-17-14(12)9-18/h6-7,12,14,17H,3-5,8-9H2,1-2H3/t12-,14+/m0/s1. The Bertz CT molecular complexity index is 623. The number of fused-ring (bicyclic) bond motifs is 1. The molecule has 2 atom stereocenters. The monoisotopic (exact) mass is 312 g/mol. The van der Waals surface area contributed by atoms with Gasteiger partial charge in [0.25, 0.3) is 0 Å². The molecular weight excluding hydrogens is 291 g/mol. The van der Waals surface area contributed by atoms with E-state index in [0.717, 1.165) is 19.4 Å². The molecule has 0 amide bonds. The van der Waals surface area contributed by atoms with E-state index in [2.05, 4.69) is 5.32 Å². The molecule has 0 aliphatic carbocycles. The molecular formula is C15H21FN2O2S. The molecule has 1 aromatic rings. The van der Waals surface area contributed by atoms with E-state index in [1.165, 1.54) is 12.1 Å². The predicted molar refractivity (Wildman–Crippen MR) is 79.1 cm³/mol. The molecule has 1 N–H and O–H groups in total. The van der Waals surface area contributed by atoms with Crippen LogP contribution in [0.4, 0.5) is 4.39 Å².